The number of hydrogen-bond acceptors (Lipinski definition) is 2. The first-order valence-corrected chi connectivity index (χ1v) is 7.97. The number of likely N-dealkylation sites (tertiary alicyclic amines) is 1. The SMILES string of the molecule is c1ccc2c(c1)CC2CN1CCCC1C1CCCN1. The number of hydrogen-bond donors (Lipinski definition) is 1. The molecular formula is C17H24N2. The van der Waals surface area contributed by atoms with Crippen molar-refractivity contribution in [1.29, 1.82) is 0 Å². The summed E-state index contributed by atoms with van der Waals surface area (Å²) in [5.74, 6) is 0.804. The molecule has 0 spiro atoms. The van der Waals surface area contributed by atoms with Crippen LogP contribution in [0.15, 0.2) is 24.3 Å². The molecule has 0 bridgehead atoms. The van der Waals surface area contributed by atoms with E-state index in [0.717, 1.165) is 18.0 Å². The van der Waals surface area contributed by atoms with Crippen molar-refractivity contribution in [3.8, 4) is 0 Å². The highest BCUT2D eigenvalue weighted by atomic mass is 15.2. The minimum atomic E-state index is 0.776. The molecule has 3 unspecified atom stereocenters. The second-order valence-electron chi connectivity index (χ2n) is 6.51. The highest BCUT2D eigenvalue weighted by Crippen LogP contribution is 2.37. The Hall–Kier alpha value is -0.860. The minimum absolute atomic E-state index is 0.776. The summed E-state index contributed by atoms with van der Waals surface area (Å²) >= 11 is 0. The zero-order valence-electron chi connectivity index (χ0n) is 11.6. The van der Waals surface area contributed by atoms with Crippen LogP contribution in [0.25, 0.3) is 0 Å². The molecule has 2 heterocycles. The van der Waals surface area contributed by atoms with Gasteiger partial charge in [0, 0.05) is 24.5 Å². The van der Waals surface area contributed by atoms with E-state index in [4.69, 9.17) is 0 Å². The van der Waals surface area contributed by atoms with Crippen LogP contribution in [0.2, 0.25) is 0 Å². The zero-order valence-corrected chi connectivity index (χ0v) is 11.6. The molecule has 19 heavy (non-hydrogen) atoms. The highest BCUT2D eigenvalue weighted by molar-refractivity contribution is 5.40. The van der Waals surface area contributed by atoms with Gasteiger partial charge in [-0.25, -0.2) is 0 Å². The van der Waals surface area contributed by atoms with Crippen LogP contribution >= 0.6 is 0 Å². The van der Waals surface area contributed by atoms with E-state index < -0.39 is 0 Å². The van der Waals surface area contributed by atoms with Crippen LogP contribution in [0, 0.1) is 0 Å². The normalized spacial score (nSPS) is 34.2. The predicted molar refractivity (Wildman–Crippen MR) is 78.5 cm³/mol. The molecule has 2 fully saturated rings. The van der Waals surface area contributed by atoms with E-state index in [-0.39, 0.29) is 0 Å². The smallest absolute Gasteiger partial charge is 0.0250 e. The standard InChI is InChI=1S/C17H24N2/c1-2-6-15-13(5-1)11-14(15)12-19-10-4-8-17(19)16-7-3-9-18-16/h1-2,5-6,14,16-18H,3-4,7-12H2. The molecule has 0 amide bonds. The van der Waals surface area contributed by atoms with Gasteiger partial charge in [-0.3, -0.25) is 4.90 Å². The third-order valence-electron chi connectivity index (χ3n) is 5.39. The summed E-state index contributed by atoms with van der Waals surface area (Å²) in [6, 6.07) is 10.6. The van der Waals surface area contributed by atoms with Crippen molar-refractivity contribution >= 4 is 0 Å². The van der Waals surface area contributed by atoms with Gasteiger partial charge in [-0.05, 0) is 56.3 Å². The number of fused-ring (bicyclic) bond motifs is 1. The highest BCUT2D eigenvalue weighted by Gasteiger charge is 2.36. The van der Waals surface area contributed by atoms with Crippen LogP contribution in [0.5, 0.6) is 0 Å². The van der Waals surface area contributed by atoms with Crippen molar-refractivity contribution in [2.45, 2.75) is 50.1 Å². The molecule has 0 radical (unpaired) electrons. The molecule has 1 aliphatic carbocycles. The maximum Gasteiger partial charge on any atom is 0.0250 e. The van der Waals surface area contributed by atoms with Gasteiger partial charge in [0.2, 0.25) is 0 Å². The van der Waals surface area contributed by atoms with Gasteiger partial charge in [0.05, 0.1) is 0 Å². The zero-order chi connectivity index (χ0) is 12.7. The average molecular weight is 256 g/mol. The van der Waals surface area contributed by atoms with Crippen LogP contribution in [0.3, 0.4) is 0 Å². The molecule has 2 saturated heterocycles. The lowest BCUT2D eigenvalue weighted by Gasteiger charge is -2.37. The summed E-state index contributed by atoms with van der Waals surface area (Å²) in [4.78, 5) is 2.78. The predicted octanol–water partition coefficient (Wildman–Crippen LogP) is 2.54. The summed E-state index contributed by atoms with van der Waals surface area (Å²) < 4.78 is 0. The van der Waals surface area contributed by atoms with E-state index in [2.05, 4.69) is 34.5 Å². The summed E-state index contributed by atoms with van der Waals surface area (Å²) in [7, 11) is 0. The number of nitrogens with zero attached hydrogens (tertiary/aromatic N) is 1. The molecule has 102 valence electrons. The first-order chi connectivity index (χ1) is 9.42. The molecule has 2 nitrogen and oxygen atoms in total. The van der Waals surface area contributed by atoms with E-state index in [1.807, 2.05) is 0 Å². The summed E-state index contributed by atoms with van der Waals surface area (Å²) in [6.07, 6.45) is 6.88. The van der Waals surface area contributed by atoms with Gasteiger partial charge >= 0.3 is 0 Å². The summed E-state index contributed by atoms with van der Waals surface area (Å²) in [5.41, 5.74) is 3.20. The monoisotopic (exact) mass is 256 g/mol. The molecular weight excluding hydrogens is 232 g/mol. The third kappa shape index (κ3) is 2.11. The second kappa shape index (κ2) is 4.92. The lowest BCUT2D eigenvalue weighted by atomic mass is 9.77. The fraction of sp³-hybridized carbons (Fsp3) is 0.647. The molecule has 4 rings (SSSR count). The van der Waals surface area contributed by atoms with E-state index in [0.29, 0.717) is 0 Å². The molecule has 1 aromatic rings. The quantitative estimate of drug-likeness (QED) is 0.894. The molecule has 0 aromatic heterocycles. The van der Waals surface area contributed by atoms with Crippen molar-refractivity contribution in [3.63, 3.8) is 0 Å². The Balaban J connectivity index is 1.43. The van der Waals surface area contributed by atoms with E-state index in [1.54, 1.807) is 11.1 Å². The van der Waals surface area contributed by atoms with Crippen molar-refractivity contribution in [1.82, 2.24) is 10.2 Å². The third-order valence-corrected chi connectivity index (χ3v) is 5.39. The van der Waals surface area contributed by atoms with Crippen molar-refractivity contribution in [2.24, 2.45) is 0 Å². The lowest BCUT2D eigenvalue weighted by Crippen LogP contribution is -2.46. The fourth-order valence-electron chi connectivity index (χ4n) is 4.38. The van der Waals surface area contributed by atoms with Crippen LogP contribution in [0.4, 0.5) is 0 Å². The first kappa shape index (κ1) is 11.9. The average Bonchev–Trinajstić information content (AvgIpc) is 3.06. The van der Waals surface area contributed by atoms with E-state index in [9.17, 15) is 0 Å². The fourth-order valence-corrected chi connectivity index (χ4v) is 4.38. The van der Waals surface area contributed by atoms with E-state index in [1.165, 1.54) is 51.7 Å². The molecule has 3 atom stereocenters. The molecule has 1 aromatic carbocycles. The topological polar surface area (TPSA) is 15.3 Å². The van der Waals surface area contributed by atoms with Crippen LogP contribution < -0.4 is 5.32 Å². The maximum absolute atomic E-state index is 3.72. The van der Waals surface area contributed by atoms with Crippen LogP contribution in [0.1, 0.15) is 42.7 Å². The van der Waals surface area contributed by atoms with Crippen molar-refractivity contribution < 1.29 is 0 Å². The molecule has 0 saturated carbocycles. The van der Waals surface area contributed by atoms with Gasteiger partial charge in [-0.1, -0.05) is 24.3 Å². The maximum atomic E-state index is 3.72. The molecule has 1 N–H and O–H groups in total. The van der Waals surface area contributed by atoms with Crippen LogP contribution in [-0.4, -0.2) is 36.6 Å². The first-order valence-electron chi connectivity index (χ1n) is 7.97. The van der Waals surface area contributed by atoms with Gasteiger partial charge in [0.15, 0.2) is 0 Å². The summed E-state index contributed by atoms with van der Waals surface area (Å²) in [6.45, 7) is 3.85. The Labute approximate surface area is 116 Å². The van der Waals surface area contributed by atoms with Gasteiger partial charge in [-0.15, -0.1) is 0 Å². The Kier molecular flexibility index (Phi) is 3.08. The largest absolute Gasteiger partial charge is 0.312 e. The molecule has 2 aliphatic heterocycles. The number of rotatable bonds is 3. The van der Waals surface area contributed by atoms with Crippen LogP contribution in [-0.2, 0) is 6.42 Å². The number of benzene rings is 1. The van der Waals surface area contributed by atoms with Gasteiger partial charge in [0.1, 0.15) is 0 Å². The van der Waals surface area contributed by atoms with Gasteiger partial charge in [-0.2, -0.15) is 0 Å². The Morgan fingerprint density at radius 3 is 2.95 bits per heavy atom. The van der Waals surface area contributed by atoms with Crippen molar-refractivity contribution in [2.75, 3.05) is 19.6 Å². The Bertz CT molecular complexity index is 450. The summed E-state index contributed by atoms with van der Waals surface area (Å²) in [5, 5.41) is 3.72. The Morgan fingerprint density at radius 2 is 2.11 bits per heavy atom. The van der Waals surface area contributed by atoms with E-state index >= 15 is 0 Å². The minimum Gasteiger partial charge on any atom is -0.312 e. The number of nitrogens with one attached hydrogen (secondary N) is 1. The van der Waals surface area contributed by atoms with Crippen molar-refractivity contribution in [3.05, 3.63) is 35.4 Å². The second-order valence-corrected chi connectivity index (χ2v) is 6.51. The van der Waals surface area contributed by atoms with Gasteiger partial charge < -0.3 is 5.32 Å². The Morgan fingerprint density at radius 1 is 1.16 bits per heavy atom. The molecule has 3 aliphatic rings. The lowest BCUT2D eigenvalue weighted by molar-refractivity contribution is 0.196. The molecule has 2 heteroatoms. The van der Waals surface area contributed by atoms with Gasteiger partial charge in [0.25, 0.3) is 0 Å².